The smallest absolute Gasteiger partial charge is 0.225 e. The molecular weight excluding hydrogens is 384 g/mol. The van der Waals surface area contributed by atoms with Crippen LogP contribution in [0, 0.1) is 24.7 Å². The molecular formula is C27H40N2O2. The van der Waals surface area contributed by atoms with Gasteiger partial charge in [-0.1, -0.05) is 49.9 Å². The summed E-state index contributed by atoms with van der Waals surface area (Å²) in [6.07, 6.45) is 12.1. The zero-order valence-electron chi connectivity index (χ0n) is 19.5. The van der Waals surface area contributed by atoms with Gasteiger partial charge in [0.15, 0.2) is 0 Å². The van der Waals surface area contributed by atoms with Gasteiger partial charge in [0.2, 0.25) is 11.8 Å². The maximum Gasteiger partial charge on any atom is 0.225 e. The van der Waals surface area contributed by atoms with Gasteiger partial charge >= 0.3 is 0 Å². The number of carbonyl (C=O) groups is 2. The quantitative estimate of drug-likeness (QED) is 0.646. The number of benzene rings is 1. The number of hydrogen-bond acceptors (Lipinski definition) is 2. The number of piperidine rings is 1. The van der Waals surface area contributed by atoms with E-state index < -0.39 is 0 Å². The molecule has 0 bridgehead atoms. The van der Waals surface area contributed by atoms with Gasteiger partial charge in [-0.25, -0.2) is 0 Å². The summed E-state index contributed by atoms with van der Waals surface area (Å²) in [5.74, 6) is 1.69. The van der Waals surface area contributed by atoms with Gasteiger partial charge in [0.05, 0.1) is 0 Å². The number of carbonyl (C=O) groups excluding carboxylic acids is 2. The fourth-order valence-electron chi connectivity index (χ4n) is 5.90. The molecule has 2 saturated carbocycles. The van der Waals surface area contributed by atoms with E-state index in [1.807, 2.05) is 7.05 Å². The first kappa shape index (κ1) is 22.4. The second-order valence-electron chi connectivity index (χ2n) is 10.3. The Labute approximate surface area is 188 Å². The van der Waals surface area contributed by atoms with Crippen molar-refractivity contribution in [3.8, 4) is 0 Å². The van der Waals surface area contributed by atoms with E-state index in [0.717, 1.165) is 58.0 Å². The van der Waals surface area contributed by atoms with Crippen molar-refractivity contribution in [3.63, 3.8) is 0 Å². The molecule has 0 N–H and O–H groups in total. The Morgan fingerprint density at radius 3 is 2.19 bits per heavy atom. The van der Waals surface area contributed by atoms with E-state index in [9.17, 15) is 9.59 Å². The molecule has 1 atom stereocenters. The minimum Gasteiger partial charge on any atom is -0.342 e. The third-order valence-corrected chi connectivity index (χ3v) is 8.34. The van der Waals surface area contributed by atoms with Crippen molar-refractivity contribution in [2.45, 2.75) is 83.6 Å². The molecule has 1 aromatic carbocycles. The van der Waals surface area contributed by atoms with Gasteiger partial charge in [0.25, 0.3) is 0 Å². The third kappa shape index (κ3) is 5.15. The number of amides is 2. The van der Waals surface area contributed by atoms with Gasteiger partial charge in [0.1, 0.15) is 0 Å². The predicted molar refractivity (Wildman–Crippen MR) is 125 cm³/mol. The van der Waals surface area contributed by atoms with Crippen molar-refractivity contribution in [2.24, 2.45) is 17.8 Å². The fraction of sp³-hybridized carbons (Fsp3) is 0.704. The van der Waals surface area contributed by atoms with Crippen LogP contribution in [-0.4, -0.2) is 47.8 Å². The number of rotatable bonds is 6. The second kappa shape index (κ2) is 10.2. The van der Waals surface area contributed by atoms with Crippen LogP contribution in [0.15, 0.2) is 24.3 Å². The van der Waals surface area contributed by atoms with Crippen molar-refractivity contribution < 1.29 is 9.59 Å². The van der Waals surface area contributed by atoms with Crippen LogP contribution in [0.1, 0.15) is 75.3 Å². The van der Waals surface area contributed by atoms with Crippen LogP contribution < -0.4 is 0 Å². The van der Waals surface area contributed by atoms with E-state index in [0.29, 0.717) is 17.7 Å². The van der Waals surface area contributed by atoms with E-state index in [1.165, 1.54) is 36.8 Å². The number of nitrogens with zero attached hydrogens (tertiary/aromatic N) is 2. The summed E-state index contributed by atoms with van der Waals surface area (Å²) >= 11 is 0. The molecule has 170 valence electrons. The molecule has 1 aromatic rings. The van der Waals surface area contributed by atoms with Crippen molar-refractivity contribution in [1.29, 1.82) is 0 Å². The largest absolute Gasteiger partial charge is 0.342 e. The monoisotopic (exact) mass is 424 g/mol. The lowest BCUT2D eigenvalue weighted by molar-refractivity contribution is -0.142. The van der Waals surface area contributed by atoms with Gasteiger partial charge in [-0.3, -0.25) is 9.59 Å². The molecule has 3 aliphatic rings. The predicted octanol–water partition coefficient (Wildman–Crippen LogP) is 4.98. The molecule has 0 spiro atoms. The lowest BCUT2D eigenvalue weighted by atomic mass is 9.80. The van der Waals surface area contributed by atoms with Crippen LogP contribution in [0.3, 0.4) is 0 Å². The standard InChI is InChI=1S/C27H40N2O2/c1-20-9-6-7-12-24(20)19-25(28(2)26(30)22-13-8-14-22)21-15-17-29(18-16-21)27(31)23-10-4-3-5-11-23/h6-7,9,12,21-23,25H,3-5,8,10-11,13-19H2,1-2H3/t25-/m1/s1. The maximum absolute atomic E-state index is 13.1. The summed E-state index contributed by atoms with van der Waals surface area (Å²) in [6.45, 7) is 3.89. The first-order valence-corrected chi connectivity index (χ1v) is 12.6. The maximum atomic E-state index is 13.1. The summed E-state index contributed by atoms with van der Waals surface area (Å²) in [6, 6.07) is 8.81. The van der Waals surface area contributed by atoms with Gasteiger partial charge in [-0.15, -0.1) is 0 Å². The van der Waals surface area contributed by atoms with Gasteiger partial charge in [-0.05, 0) is 68.9 Å². The number of likely N-dealkylation sites (tertiary alicyclic amines) is 1. The third-order valence-electron chi connectivity index (χ3n) is 8.34. The Morgan fingerprint density at radius 2 is 1.58 bits per heavy atom. The SMILES string of the molecule is Cc1ccccc1C[C@H](C1CCN(C(=O)C2CCCCC2)CC1)N(C)C(=O)C1CCC1. The van der Waals surface area contributed by atoms with Crippen molar-refractivity contribution in [3.05, 3.63) is 35.4 Å². The van der Waals surface area contributed by atoms with Crippen molar-refractivity contribution >= 4 is 11.8 Å². The summed E-state index contributed by atoms with van der Waals surface area (Å²) < 4.78 is 0. The van der Waals surface area contributed by atoms with Gasteiger partial charge in [-0.2, -0.15) is 0 Å². The lowest BCUT2D eigenvalue weighted by Crippen LogP contribution is -2.51. The highest BCUT2D eigenvalue weighted by Gasteiger charge is 2.37. The Morgan fingerprint density at radius 1 is 0.935 bits per heavy atom. The van der Waals surface area contributed by atoms with Crippen LogP contribution in [0.25, 0.3) is 0 Å². The van der Waals surface area contributed by atoms with Crippen LogP contribution in [-0.2, 0) is 16.0 Å². The Bertz CT molecular complexity index is 758. The molecule has 4 rings (SSSR count). The minimum absolute atomic E-state index is 0.223. The fourth-order valence-corrected chi connectivity index (χ4v) is 5.90. The summed E-state index contributed by atoms with van der Waals surface area (Å²) in [5.41, 5.74) is 2.66. The molecule has 4 nitrogen and oxygen atoms in total. The molecule has 0 aromatic heterocycles. The number of aryl methyl sites for hydroxylation is 1. The highest BCUT2D eigenvalue weighted by Crippen LogP contribution is 2.33. The topological polar surface area (TPSA) is 40.6 Å². The van der Waals surface area contributed by atoms with E-state index in [1.54, 1.807) is 0 Å². The summed E-state index contributed by atoms with van der Waals surface area (Å²) in [5, 5.41) is 0. The molecule has 2 aliphatic carbocycles. The Kier molecular flexibility index (Phi) is 7.35. The average Bonchev–Trinajstić information content (AvgIpc) is 2.77. The minimum atomic E-state index is 0.223. The summed E-state index contributed by atoms with van der Waals surface area (Å²) in [4.78, 5) is 30.3. The molecule has 0 unspecified atom stereocenters. The molecule has 31 heavy (non-hydrogen) atoms. The van der Waals surface area contributed by atoms with Gasteiger partial charge in [0, 0.05) is 38.0 Å². The molecule has 2 amide bonds. The zero-order valence-corrected chi connectivity index (χ0v) is 19.5. The van der Waals surface area contributed by atoms with Crippen LogP contribution in [0.2, 0.25) is 0 Å². The molecule has 4 heteroatoms. The second-order valence-corrected chi connectivity index (χ2v) is 10.3. The van der Waals surface area contributed by atoms with E-state index in [2.05, 4.69) is 41.0 Å². The van der Waals surface area contributed by atoms with E-state index in [-0.39, 0.29) is 17.9 Å². The highest BCUT2D eigenvalue weighted by molar-refractivity contribution is 5.80. The zero-order chi connectivity index (χ0) is 21.8. The summed E-state index contributed by atoms with van der Waals surface area (Å²) in [7, 11) is 2.03. The Balaban J connectivity index is 1.43. The highest BCUT2D eigenvalue weighted by atomic mass is 16.2. The first-order valence-electron chi connectivity index (χ1n) is 12.6. The Hall–Kier alpha value is -1.84. The normalized spacial score (nSPS) is 22.1. The van der Waals surface area contributed by atoms with Crippen LogP contribution in [0.4, 0.5) is 0 Å². The van der Waals surface area contributed by atoms with E-state index in [4.69, 9.17) is 0 Å². The first-order chi connectivity index (χ1) is 15.0. The molecule has 3 fully saturated rings. The molecule has 1 heterocycles. The average molecular weight is 425 g/mol. The molecule has 1 saturated heterocycles. The molecule has 0 radical (unpaired) electrons. The molecule has 1 aliphatic heterocycles. The van der Waals surface area contributed by atoms with Gasteiger partial charge < -0.3 is 9.80 Å². The van der Waals surface area contributed by atoms with Crippen molar-refractivity contribution in [2.75, 3.05) is 20.1 Å². The number of hydrogen-bond donors (Lipinski definition) is 0. The van der Waals surface area contributed by atoms with Crippen LogP contribution >= 0.6 is 0 Å². The van der Waals surface area contributed by atoms with Crippen LogP contribution in [0.5, 0.6) is 0 Å². The van der Waals surface area contributed by atoms with E-state index >= 15 is 0 Å². The number of likely N-dealkylation sites (N-methyl/N-ethyl adjacent to an activating group) is 1. The van der Waals surface area contributed by atoms with Crippen molar-refractivity contribution in [1.82, 2.24) is 9.80 Å². The lowest BCUT2D eigenvalue weighted by Gasteiger charge is -2.42.